The topological polar surface area (TPSA) is 83.5 Å². The molecule has 2 rings (SSSR count). The molecular formula is C16H15Cl2F3NO4PS. The summed E-state index contributed by atoms with van der Waals surface area (Å²) < 4.78 is 78.4. The van der Waals surface area contributed by atoms with Gasteiger partial charge in [-0.3, -0.25) is 9.29 Å². The Morgan fingerprint density at radius 1 is 1.14 bits per heavy atom. The van der Waals surface area contributed by atoms with Crippen molar-refractivity contribution in [1.82, 2.24) is 0 Å². The number of rotatable bonds is 6. The minimum Gasteiger partial charge on any atom is -0.344 e. The molecule has 0 radical (unpaired) electrons. The van der Waals surface area contributed by atoms with Gasteiger partial charge in [0.1, 0.15) is 0 Å². The van der Waals surface area contributed by atoms with Gasteiger partial charge in [0.25, 0.3) is 10.0 Å². The van der Waals surface area contributed by atoms with Gasteiger partial charge in [0.2, 0.25) is 7.37 Å². The lowest BCUT2D eigenvalue weighted by Gasteiger charge is -2.16. The van der Waals surface area contributed by atoms with E-state index in [1.165, 1.54) is 25.1 Å². The Hall–Kier alpha value is -1.25. The van der Waals surface area contributed by atoms with E-state index >= 15 is 0 Å². The zero-order valence-electron chi connectivity index (χ0n) is 14.3. The van der Waals surface area contributed by atoms with Crippen LogP contribution in [0.1, 0.15) is 18.1 Å². The first-order valence-corrected chi connectivity index (χ1v) is 12.0. The maximum absolute atomic E-state index is 13.0. The van der Waals surface area contributed by atoms with E-state index in [4.69, 9.17) is 23.2 Å². The standard InChI is InChI=1S/C16H15Cl2F3NO4PS/c1-2-27(23,24)9-10-3-4-11(17)7-15(10)22-28(25,26)12-5-6-14(18)13(8-12)16(19,20)21/h3-8,22H,2,9H2,1H3,(H,23,24). The summed E-state index contributed by atoms with van der Waals surface area (Å²) in [5.41, 5.74) is -1.21. The highest BCUT2D eigenvalue weighted by atomic mass is 35.5. The molecule has 0 heterocycles. The highest BCUT2D eigenvalue weighted by Crippen LogP contribution is 2.45. The fraction of sp³-hybridized carbons (Fsp3) is 0.250. The van der Waals surface area contributed by atoms with Crippen LogP contribution >= 0.6 is 30.6 Å². The number of halogens is 5. The molecule has 2 N–H and O–H groups in total. The first kappa shape index (κ1) is 23.0. The molecule has 0 saturated carbocycles. The Morgan fingerprint density at radius 2 is 1.79 bits per heavy atom. The van der Waals surface area contributed by atoms with Crippen LogP contribution in [-0.2, 0) is 26.9 Å². The minimum absolute atomic E-state index is 0.0338. The van der Waals surface area contributed by atoms with Gasteiger partial charge in [0, 0.05) is 11.2 Å². The number of sulfonamides is 1. The van der Waals surface area contributed by atoms with Gasteiger partial charge in [-0.15, -0.1) is 0 Å². The molecule has 0 fully saturated rings. The summed E-state index contributed by atoms with van der Waals surface area (Å²) in [6, 6.07) is 6.17. The third-order valence-electron chi connectivity index (χ3n) is 3.78. The summed E-state index contributed by atoms with van der Waals surface area (Å²) in [5.74, 6) is 0. The maximum Gasteiger partial charge on any atom is 0.417 e. The van der Waals surface area contributed by atoms with Crippen molar-refractivity contribution in [1.29, 1.82) is 0 Å². The fourth-order valence-electron chi connectivity index (χ4n) is 2.25. The zero-order valence-corrected chi connectivity index (χ0v) is 17.5. The first-order chi connectivity index (χ1) is 12.7. The van der Waals surface area contributed by atoms with E-state index < -0.39 is 39.0 Å². The van der Waals surface area contributed by atoms with Crippen molar-refractivity contribution in [2.75, 3.05) is 10.9 Å². The smallest absolute Gasteiger partial charge is 0.344 e. The van der Waals surface area contributed by atoms with Crippen molar-refractivity contribution in [3.8, 4) is 0 Å². The lowest BCUT2D eigenvalue weighted by Crippen LogP contribution is -2.16. The maximum atomic E-state index is 13.0. The first-order valence-electron chi connectivity index (χ1n) is 7.74. The van der Waals surface area contributed by atoms with Crippen LogP contribution in [0.5, 0.6) is 0 Å². The van der Waals surface area contributed by atoms with E-state index in [0.717, 1.165) is 12.1 Å². The fourth-order valence-corrected chi connectivity index (χ4v) is 4.80. The Bertz CT molecular complexity index is 1040. The Balaban J connectivity index is 2.48. The van der Waals surface area contributed by atoms with E-state index in [9.17, 15) is 31.0 Å². The summed E-state index contributed by atoms with van der Waals surface area (Å²) in [6.45, 7) is 1.51. The molecule has 5 nitrogen and oxygen atoms in total. The van der Waals surface area contributed by atoms with Crippen LogP contribution in [-0.4, -0.2) is 19.5 Å². The SMILES string of the molecule is CCP(=O)(O)Cc1ccc(Cl)cc1NS(=O)(=O)c1ccc(Cl)c(C(F)(F)F)c1. The van der Waals surface area contributed by atoms with Gasteiger partial charge in [0.05, 0.1) is 27.3 Å². The van der Waals surface area contributed by atoms with Crippen LogP contribution < -0.4 is 4.72 Å². The number of alkyl halides is 3. The quantitative estimate of drug-likeness (QED) is 0.532. The molecule has 0 aliphatic heterocycles. The molecule has 28 heavy (non-hydrogen) atoms. The number of nitrogens with one attached hydrogen (secondary N) is 1. The summed E-state index contributed by atoms with van der Waals surface area (Å²) in [4.78, 5) is 9.18. The van der Waals surface area contributed by atoms with Crippen LogP contribution in [0, 0.1) is 0 Å². The van der Waals surface area contributed by atoms with Gasteiger partial charge in [-0.2, -0.15) is 13.2 Å². The van der Waals surface area contributed by atoms with E-state index in [0.29, 0.717) is 6.07 Å². The molecule has 1 atom stereocenters. The summed E-state index contributed by atoms with van der Waals surface area (Å²) >= 11 is 11.4. The van der Waals surface area contributed by atoms with E-state index in [1.54, 1.807) is 0 Å². The molecule has 154 valence electrons. The highest BCUT2D eigenvalue weighted by molar-refractivity contribution is 7.92. The summed E-state index contributed by atoms with van der Waals surface area (Å²) in [6.07, 6.45) is -5.20. The van der Waals surface area contributed by atoms with Crippen LogP contribution in [0.2, 0.25) is 10.0 Å². The lowest BCUT2D eigenvalue weighted by molar-refractivity contribution is -0.137. The van der Waals surface area contributed by atoms with Gasteiger partial charge < -0.3 is 4.89 Å². The molecule has 0 amide bonds. The largest absolute Gasteiger partial charge is 0.417 e. The average Bonchev–Trinajstić information content (AvgIpc) is 2.56. The second-order valence-electron chi connectivity index (χ2n) is 5.87. The lowest BCUT2D eigenvalue weighted by atomic mass is 10.2. The molecule has 0 bridgehead atoms. The van der Waals surface area contributed by atoms with Crippen molar-refractivity contribution < 1.29 is 31.0 Å². The van der Waals surface area contributed by atoms with E-state index in [1.807, 2.05) is 0 Å². The molecule has 2 aromatic rings. The average molecular weight is 476 g/mol. The van der Waals surface area contributed by atoms with E-state index in [2.05, 4.69) is 4.72 Å². The normalized spacial score (nSPS) is 14.5. The molecular weight excluding hydrogens is 461 g/mol. The van der Waals surface area contributed by atoms with Crippen molar-refractivity contribution >= 4 is 46.3 Å². The molecule has 0 saturated heterocycles. The highest BCUT2D eigenvalue weighted by Gasteiger charge is 2.34. The van der Waals surface area contributed by atoms with Crippen molar-refractivity contribution in [2.24, 2.45) is 0 Å². The molecule has 0 spiro atoms. The van der Waals surface area contributed by atoms with Crippen molar-refractivity contribution in [3.05, 3.63) is 57.6 Å². The van der Waals surface area contributed by atoms with Gasteiger partial charge >= 0.3 is 6.18 Å². The monoisotopic (exact) mass is 475 g/mol. The third kappa shape index (κ3) is 5.64. The van der Waals surface area contributed by atoms with Crippen molar-refractivity contribution in [2.45, 2.75) is 24.2 Å². The summed E-state index contributed by atoms with van der Waals surface area (Å²) in [5, 5.41) is -0.503. The Morgan fingerprint density at radius 3 is 2.36 bits per heavy atom. The number of hydrogen-bond donors (Lipinski definition) is 2. The second-order valence-corrected chi connectivity index (χ2v) is 11.0. The van der Waals surface area contributed by atoms with Crippen LogP contribution in [0.25, 0.3) is 0 Å². The van der Waals surface area contributed by atoms with Crippen LogP contribution in [0.4, 0.5) is 18.9 Å². The number of benzene rings is 2. The van der Waals surface area contributed by atoms with Gasteiger partial charge in [-0.05, 0) is 35.9 Å². The van der Waals surface area contributed by atoms with Crippen LogP contribution in [0.15, 0.2) is 41.3 Å². The molecule has 0 aromatic heterocycles. The van der Waals surface area contributed by atoms with E-state index in [-0.39, 0.29) is 28.6 Å². The third-order valence-corrected chi connectivity index (χ3v) is 7.53. The minimum atomic E-state index is -4.84. The second kappa shape index (κ2) is 8.24. The molecule has 0 aliphatic rings. The predicted molar refractivity (Wildman–Crippen MR) is 103 cm³/mol. The predicted octanol–water partition coefficient (Wildman–Crippen LogP) is 5.60. The van der Waals surface area contributed by atoms with Gasteiger partial charge in [-0.1, -0.05) is 36.2 Å². The molecule has 0 aliphatic carbocycles. The Labute approximate surface area is 170 Å². The van der Waals surface area contributed by atoms with Crippen LogP contribution in [0.3, 0.4) is 0 Å². The van der Waals surface area contributed by atoms with Crippen molar-refractivity contribution in [3.63, 3.8) is 0 Å². The zero-order chi connectivity index (χ0) is 21.3. The molecule has 2 aromatic carbocycles. The molecule has 1 unspecified atom stereocenters. The van der Waals surface area contributed by atoms with Gasteiger partial charge in [-0.25, -0.2) is 8.42 Å². The van der Waals surface area contributed by atoms with Gasteiger partial charge in [0.15, 0.2) is 0 Å². The molecule has 12 heteroatoms. The summed E-state index contributed by atoms with van der Waals surface area (Å²) in [7, 11) is -8.01. The Kier molecular flexibility index (Phi) is 6.78. The number of hydrogen-bond acceptors (Lipinski definition) is 3. The number of anilines is 1.